The number of hydrogen-bond acceptors (Lipinski definition) is 2. The molecule has 0 spiro atoms. The van der Waals surface area contributed by atoms with Gasteiger partial charge in [0.2, 0.25) is 0 Å². The summed E-state index contributed by atoms with van der Waals surface area (Å²) in [4.78, 5) is 7.26. The van der Waals surface area contributed by atoms with Crippen LogP contribution in [0.2, 0.25) is 5.15 Å². The first-order valence-corrected chi connectivity index (χ1v) is 3.78. The van der Waals surface area contributed by atoms with Gasteiger partial charge in [0.15, 0.2) is 11.0 Å². The molecule has 1 aromatic heterocycles. The molecule has 11 heavy (non-hydrogen) atoms. The summed E-state index contributed by atoms with van der Waals surface area (Å²) < 4.78 is 12.9. The molecular weight excluding hydrogens is 167 g/mol. The van der Waals surface area contributed by atoms with E-state index in [0.29, 0.717) is 12.1 Å². The van der Waals surface area contributed by atoms with Gasteiger partial charge in [0.1, 0.15) is 6.33 Å². The van der Waals surface area contributed by atoms with E-state index < -0.39 is 5.82 Å². The van der Waals surface area contributed by atoms with E-state index in [1.165, 1.54) is 6.33 Å². The summed E-state index contributed by atoms with van der Waals surface area (Å²) in [6.45, 7) is 1.95. The number of halogens is 2. The van der Waals surface area contributed by atoms with Gasteiger partial charge in [-0.15, -0.1) is 0 Å². The van der Waals surface area contributed by atoms with Crippen LogP contribution in [0.5, 0.6) is 0 Å². The normalized spacial score (nSPS) is 10.1. The van der Waals surface area contributed by atoms with Crippen LogP contribution in [0.1, 0.15) is 19.0 Å². The Morgan fingerprint density at radius 2 is 2.27 bits per heavy atom. The fourth-order valence-corrected chi connectivity index (χ4v) is 0.945. The molecule has 2 nitrogen and oxygen atoms in total. The zero-order valence-corrected chi connectivity index (χ0v) is 6.90. The fraction of sp³-hybridized carbons (Fsp3) is 0.429. The SMILES string of the molecule is CCCc1ncnc(Cl)c1F. The number of aromatic nitrogens is 2. The summed E-state index contributed by atoms with van der Waals surface area (Å²) in [5.41, 5.74) is 0.396. The van der Waals surface area contributed by atoms with Gasteiger partial charge < -0.3 is 0 Å². The van der Waals surface area contributed by atoms with Gasteiger partial charge in [-0.2, -0.15) is 0 Å². The largest absolute Gasteiger partial charge is 0.238 e. The van der Waals surface area contributed by atoms with Crippen molar-refractivity contribution in [3.8, 4) is 0 Å². The summed E-state index contributed by atoms with van der Waals surface area (Å²) in [5, 5.41) is -0.0940. The van der Waals surface area contributed by atoms with E-state index in [9.17, 15) is 4.39 Å². The molecule has 0 bridgehead atoms. The summed E-state index contributed by atoms with van der Waals surface area (Å²) >= 11 is 5.42. The third-order valence-corrected chi connectivity index (χ3v) is 1.57. The van der Waals surface area contributed by atoms with Crippen LogP contribution in [0.15, 0.2) is 6.33 Å². The molecule has 0 saturated carbocycles. The highest BCUT2D eigenvalue weighted by molar-refractivity contribution is 6.29. The molecule has 0 aliphatic carbocycles. The topological polar surface area (TPSA) is 25.8 Å². The van der Waals surface area contributed by atoms with Crippen LogP contribution in [-0.2, 0) is 6.42 Å². The van der Waals surface area contributed by atoms with Crippen LogP contribution in [-0.4, -0.2) is 9.97 Å². The summed E-state index contributed by atoms with van der Waals surface area (Å²) in [5.74, 6) is -0.490. The van der Waals surface area contributed by atoms with Crippen molar-refractivity contribution in [1.29, 1.82) is 0 Å². The molecule has 0 saturated heterocycles. The number of rotatable bonds is 2. The lowest BCUT2D eigenvalue weighted by Gasteiger charge is -1.98. The van der Waals surface area contributed by atoms with E-state index in [2.05, 4.69) is 9.97 Å². The molecule has 0 unspecified atom stereocenters. The van der Waals surface area contributed by atoms with E-state index in [0.717, 1.165) is 6.42 Å². The van der Waals surface area contributed by atoms with Gasteiger partial charge in [-0.1, -0.05) is 24.9 Å². The minimum atomic E-state index is -0.490. The second kappa shape index (κ2) is 3.62. The van der Waals surface area contributed by atoms with E-state index in [4.69, 9.17) is 11.6 Å². The van der Waals surface area contributed by atoms with Crippen molar-refractivity contribution in [3.05, 3.63) is 23.0 Å². The smallest absolute Gasteiger partial charge is 0.181 e. The second-order valence-corrected chi connectivity index (χ2v) is 2.53. The van der Waals surface area contributed by atoms with Gasteiger partial charge >= 0.3 is 0 Å². The van der Waals surface area contributed by atoms with Crippen molar-refractivity contribution >= 4 is 11.6 Å². The summed E-state index contributed by atoms with van der Waals surface area (Å²) in [7, 11) is 0. The first-order chi connectivity index (χ1) is 5.25. The molecule has 0 atom stereocenters. The highest BCUT2D eigenvalue weighted by Crippen LogP contribution is 2.13. The first-order valence-electron chi connectivity index (χ1n) is 3.40. The maximum atomic E-state index is 12.9. The lowest BCUT2D eigenvalue weighted by Crippen LogP contribution is -1.96. The van der Waals surface area contributed by atoms with Gasteiger partial charge in [0.05, 0.1) is 5.69 Å². The molecule has 4 heteroatoms. The third kappa shape index (κ3) is 1.87. The van der Waals surface area contributed by atoms with Crippen molar-refractivity contribution in [2.24, 2.45) is 0 Å². The average Bonchev–Trinajstić information content (AvgIpc) is 1.99. The van der Waals surface area contributed by atoms with Gasteiger partial charge in [-0.3, -0.25) is 0 Å². The van der Waals surface area contributed by atoms with Crippen LogP contribution in [0.25, 0.3) is 0 Å². The van der Waals surface area contributed by atoms with Gasteiger partial charge in [-0.25, -0.2) is 14.4 Å². The Labute approximate surface area is 69.4 Å². The van der Waals surface area contributed by atoms with Gasteiger partial charge in [0.25, 0.3) is 0 Å². The van der Waals surface area contributed by atoms with Crippen molar-refractivity contribution in [2.75, 3.05) is 0 Å². The fourth-order valence-electron chi connectivity index (χ4n) is 0.793. The van der Waals surface area contributed by atoms with E-state index in [1.807, 2.05) is 6.92 Å². The van der Waals surface area contributed by atoms with Crippen LogP contribution < -0.4 is 0 Å². The number of hydrogen-bond donors (Lipinski definition) is 0. The number of aryl methyl sites for hydroxylation is 1. The molecule has 1 rings (SSSR count). The third-order valence-electron chi connectivity index (χ3n) is 1.31. The Morgan fingerprint density at radius 3 is 2.91 bits per heavy atom. The molecule has 1 heterocycles. The lowest BCUT2D eigenvalue weighted by molar-refractivity contribution is 0.588. The lowest BCUT2D eigenvalue weighted by atomic mass is 10.2. The molecule has 0 aliphatic heterocycles. The van der Waals surface area contributed by atoms with Crippen molar-refractivity contribution < 1.29 is 4.39 Å². The van der Waals surface area contributed by atoms with Gasteiger partial charge in [-0.05, 0) is 6.42 Å². The Hall–Kier alpha value is -0.700. The summed E-state index contributed by atoms with van der Waals surface area (Å²) in [6, 6.07) is 0. The maximum Gasteiger partial charge on any atom is 0.181 e. The summed E-state index contributed by atoms with van der Waals surface area (Å²) in [6.07, 6.45) is 2.73. The Kier molecular flexibility index (Phi) is 2.76. The Balaban J connectivity index is 2.96. The van der Waals surface area contributed by atoms with E-state index in [-0.39, 0.29) is 5.15 Å². The van der Waals surface area contributed by atoms with Crippen LogP contribution in [0.4, 0.5) is 4.39 Å². The zero-order chi connectivity index (χ0) is 8.27. The monoisotopic (exact) mass is 174 g/mol. The van der Waals surface area contributed by atoms with Gasteiger partial charge in [0, 0.05) is 0 Å². The average molecular weight is 175 g/mol. The highest BCUT2D eigenvalue weighted by atomic mass is 35.5. The van der Waals surface area contributed by atoms with Crippen molar-refractivity contribution in [1.82, 2.24) is 9.97 Å². The Morgan fingerprint density at radius 1 is 1.55 bits per heavy atom. The molecule has 0 amide bonds. The molecule has 60 valence electrons. The highest BCUT2D eigenvalue weighted by Gasteiger charge is 2.06. The second-order valence-electron chi connectivity index (χ2n) is 2.18. The van der Waals surface area contributed by atoms with Crippen LogP contribution >= 0.6 is 11.6 Å². The first kappa shape index (κ1) is 8.40. The standard InChI is InChI=1S/C7H8ClFN2/c1-2-3-5-6(9)7(8)11-4-10-5/h4H,2-3H2,1H3. The molecule has 0 fully saturated rings. The maximum absolute atomic E-state index is 12.9. The molecule has 0 N–H and O–H groups in total. The molecular formula is C7H8ClFN2. The van der Waals surface area contributed by atoms with Crippen molar-refractivity contribution in [2.45, 2.75) is 19.8 Å². The quantitative estimate of drug-likeness (QED) is 0.643. The van der Waals surface area contributed by atoms with E-state index >= 15 is 0 Å². The number of nitrogens with zero attached hydrogens (tertiary/aromatic N) is 2. The van der Waals surface area contributed by atoms with Crippen LogP contribution in [0.3, 0.4) is 0 Å². The minimum Gasteiger partial charge on any atom is -0.238 e. The molecule has 0 aliphatic rings. The molecule has 0 aromatic carbocycles. The Bertz CT molecular complexity index is 252. The van der Waals surface area contributed by atoms with E-state index in [1.54, 1.807) is 0 Å². The van der Waals surface area contributed by atoms with Crippen LogP contribution in [0, 0.1) is 5.82 Å². The van der Waals surface area contributed by atoms with Crippen molar-refractivity contribution in [3.63, 3.8) is 0 Å². The predicted octanol–water partition coefficient (Wildman–Crippen LogP) is 2.22. The minimum absolute atomic E-state index is 0.0940. The molecule has 1 aromatic rings. The molecule has 0 radical (unpaired) electrons. The predicted molar refractivity (Wildman–Crippen MR) is 41.0 cm³/mol. The zero-order valence-electron chi connectivity index (χ0n) is 6.14.